The van der Waals surface area contributed by atoms with E-state index in [1.807, 2.05) is 54.0 Å². The van der Waals surface area contributed by atoms with Gasteiger partial charge in [0.1, 0.15) is 6.61 Å². The first-order valence-electron chi connectivity index (χ1n) is 9.92. The van der Waals surface area contributed by atoms with Crippen LogP contribution < -0.4 is 0 Å². The standard InChI is InChI=1S/C24H22N2O4S/c1-29-23(27)19-9-7-18(8-10-19)22-13-20(21-14-25-31-16-21)11-12-26(22)24(28)30-15-17-5-3-2-4-6-17/h2-10,13-14,16,22H,11-12,15H2,1H3. The van der Waals surface area contributed by atoms with Gasteiger partial charge in [-0.1, -0.05) is 48.5 Å². The average Bonchev–Trinajstić information content (AvgIpc) is 3.37. The number of nitrogens with zero attached hydrogens (tertiary/aromatic N) is 2. The number of benzene rings is 2. The summed E-state index contributed by atoms with van der Waals surface area (Å²) in [4.78, 5) is 26.5. The molecule has 4 rings (SSSR count). The summed E-state index contributed by atoms with van der Waals surface area (Å²) in [5.74, 6) is -0.394. The van der Waals surface area contributed by atoms with Crippen molar-refractivity contribution in [1.29, 1.82) is 0 Å². The van der Waals surface area contributed by atoms with E-state index in [4.69, 9.17) is 9.47 Å². The van der Waals surface area contributed by atoms with Gasteiger partial charge in [0, 0.05) is 23.7 Å². The molecule has 6 nitrogen and oxygen atoms in total. The van der Waals surface area contributed by atoms with E-state index in [1.54, 1.807) is 17.0 Å². The van der Waals surface area contributed by atoms with E-state index >= 15 is 0 Å². The molecule has 1 amide bonds. The summed E-state index contributed by atoms with van der Waals surface area (Å²) in [5.41, 5.74) is 4.50. The fourth-order valence-corrected chi connectivity index (χ4v) is 4.13. The molecule has 0 radical (unpaired) electrons. The van der Waals surface area contributed by atoms with Crippen LogP contribution in [0.15, 0.2) is 72.3 Å². The second kappa shape index (κ2) is 9.57. The number of esters is 1. The molecule has 1 unspecified atom stereocenters. The third-order valence-electron chi connectivity index (χ3n) is 5.23. The molecule has 1 aliphatic rings. The largest absolute Gasteiger partial charge is 0.465 e. The molecule has 158 valence electrons. The third kappa shape index (κ3) is 4.83. The molecule has 1 atom stereocenters. The highest BCUT2D eigenvalue weighted by atomic mass is 32.1. The quantitative estimate of drug-likeness (QED) is 0.523. The highest BCUT2D eigenvalue weighted by Gasteiger charge is 2.29. The summed E-state index contributed by atoms with van der Waals surface area (Å²) >= 11 is 1.40. The number of carbonyl (C=O) groups is 2. The minimum Gasteiger partial charge on any atom is -0.465 e. The highest BCUT2D eigenvalue weighted by Crippen LogP contribution is 2.34. The van der Waals surface area contributed by atoms with Crippen LogP contribution in [-0.4, -0.2) is 35.0 Å². The van der Waals surface area contributed by atoms with E-state index in [0.717, 1.165) is 28.7 Å². The Labute approximate surface area is 184 Å². The van der Waals surface area contributed by atoms with Crippen LogP contribution in [0.2, 0.25) is 0 Å². The third-order valence-corrected chi connectivity index (χ3v) is 5.82. The van der Waals surface area contributed by atoms with Gasteiger partial charge in [-0.05, 0) is 46.8 Å². The number of hydrogen-bond donors (Lipinski definition) is 0. The van der Waals surface area contributed by atoms with Crippen LogP contribution in [0.25, 0.3) is 5.57 Å². The van der Waals surface area contributed by atoms with Crippen LogP contribution in [0, 0.1) is 0 Å². The minimum absolute atomic E-state index is 0.217. The SMILES string of the molecule is COC(=O)c1ccc(C2C=C(c3cnsc3)CCN2C(=O)OCc2ccccc2)cc1. The number of ether oxygens (including phenoxy) is 2. The van der Waals surface area contributed by atoms with E-state index in [1.165, 1.54) is 18.6 Å². The maximum atomic E-state index is 13.0. The van der Waals surface area contributed by atoms with Crippen molar-refractivity contribution >= 4 is 29.2 Å². The van der Waals surface area contributed by atoms with Gasteiger partial charge in [0.25, 0.3) is 0 Å². The topological polar surface area (TPSA) is 68.7 Å². The Bertz CT molecular complexity index is 1060. The smallest absolute Gasteiger partial charge is 0.410 e. The molecular weight excluding hydrogens is 412 g/mol. The minimum atomic E-state index is -0.394. The van der Waals surface area contributed by atoms with Gasteiger partial charge in [-0.25, -0.2) is 14.0 Å². The molecule has 0 fully saturated rings. The van der Waals surface area contributed by atoms with Crippen molar-refractivity contribution in [3.8, 4) is 0 Å². The number of hydrogen-bond acceptors (Lipinski definition) is 6. The van der Waals surface area contributed by atoms with Gasteiger partial charge in [0.2, 0.25) is 0 Å². The van der Waals surface area contributed by atoms with Crippen LogP contribution in [0.4, 0.5) is 4.79 Å². The van der Waals surface area contributed by atoms with Gasteiger partial charge in [0.15, 0.2) is 0 Å². The lowest BCUT2D eigenvalue weighted by molar-refractivity contribution is 0.0600. The van der Waals surface area contributed by atoms with Gasteiger partial charge >= 0.3 is 12.1 Å². The maximum absolute atomic E-state index is 13.0. The maximum Gasteiger partial charge on any atom is 0.410 e. The number of methoxy groups -OCH3 is 1. The Hall–Kier alpha value is -3.45. The zero-order valence-corrected chi connectivity index (χ0v) is 17.9. The molecule has 0 N–H and O–H groups in total. The molecule has 1 aromatic heterocycles. The first kappa shape index (κ1) is 20.8. The van der Waals surface area contributed by atoms with Crippen molar-refractivity contribution in [2.24, 2.45) is 0 Å². The Morgan fingerprint density at radius 1 is 1.13 bits per heavy atom. The fraction of sp³-hybridized carbons (Fsp3) is 0.208. The van der Waals surface area contributed by atoms with Crippen LogP contribution in [0.5, 0.6) is 0 Å². The van der Waals surface area contributed by atoms with Crippen molar-refractivity contribution < 1.29 is 19.1 Å². The zero-order chi connectivity index (χ0) is 21.6. The van der Waals surface area contributed by atoms with Gasteiger partial charge in [-0.15, -0.1) is 0 Å². The lowest BCUT2D eigenvalue weighted by Gasteiger charge is -2.34. The first-order valence-corrected chi connectivity index (χ1v) is 10.8. The lowest BCUT2D eigenvalue weighted by Crippen LogP contribution is -2.37. The molecule has 3 aromatic rings. The molecule has 7 heteroatoms. The average molecular weight is 435 g/mol. The van der Waals surface area contributed by atoms with E-state index in [-0.39, 0.29) is 18.7 Å². The zero-order valence-electron chi connectivity index (χ0n) is 17.1. The number of amides is 1. The van der Waals surface area contributed by atoms with Crippen molar-refractivity contribution in [2.45, 2.75) is 19.1 Å². The van der Waals surface area contributed by atoms with Gasteiger partial charge in [0.05, 0.1) is 18.7 Å². The predicted molar refractivity (Wildman–Crippen MR) is 119 cm³/mol. The van der Waals surface area contributed by atoms with Crippen LogP contribution >= 0.6 is 11.5 Å². The van der Waals surface area contributed by atoms with Gasteiger partial charge < -0.3 is 9.47 Å². The molecule has 31 heavy (non-hydrogen) atoms. The molecule has 0 bridgehead atoms. The summed E-state index contributed by atoms with van der Waals surface area (Å²) in [5, 5.41) is 2.01. The Balaban J connectivity index is 1.59. The molecule has 0 saturated carbocycles. The summed E-state index contributed by atoms with van der Waals surface area (Å²) in [6.45, 7) is 0.744. The van der Waals surface area contributed by atoms with Gasteiger partial charge in [-0.3, -0.25) is 4.90 Å². The molecule has 0 spiro atoms. The Morgan fingerprint density at radius 2 is 1.90 bits per heavy atom. The summed E-state index contributed by atoms with van der Waals surface area (Å²) in [6, 6.07) is 16.4. The van der Waals surface area contributed by atoms with E-state index in [2.05, 4.69) is 10.4 Å². The molecule has 2 aromatic carbocycles. The highest BCUT2D eigenvalue weighted by molar-refractivity contribution is 7.03. The molecule has 0 saturated heterocycles. The van der Waals surface area contributed by atoms with E-state index in [0.29, 0.717) is 12.1 Å². The lowest BCUT2D eigenvalue weighted by atomic mass is 9.93. The van der Waals surface area contributed by atoms with Crippen LogP contribution in [0.1, 0.15) is 39.5 Å². The predicted octanol–water partition coefficient (Wildman–Crippen LogP) is 5.10. The molecule has 0 aliphatic carbocycles. The normalized spacial score (nSPS) is 15.8. The Kier molecular flexibility index (Phi) is 6.43. The van der Waals surface area contributed by atoms with Crippen LogP contribution in [-0.2, 0) is 16.1 Å². The number of carbonyl (C=O) groups excluding carboxylic acids is 2. The summed E-state index contributed by atoms with van der Waals surface area (Å²) < 4.78 is 14.6. The number of aromatic nitrogens is 1. The Morgan fingerprint density at radius 3 is 2.58 bits per heavy atom. The monoisotopic (exact) mass is 434 g/mol. The molecule has 1 aliphatic heterocycles. The second-order valence-corrected chi connectivity index (χ2v) is 7.80. The number of rotatable bonds is 5. The van der Waals surface area contributed by atoms with Crippen molar-refractivity contribution in [1.82, 2.24) is 9.27 Å². The molecular formula is C24H22N2O4S. The molecule has 2 heterocycles. The second-order valence-electron chi connectivity index (χ2n) is 7.15. The van der Waals surface area contributed by atoms with E-state index < -0.39 is 5.97 Å². The summed E-state index contributed by atoms with van der Waals surface area (Å²) in [6.07, 6.45) is 4.27. The van der Waals surface area contributed by atoms with Crippen LogP contribution in [0.3, 0.4) is 0 Å². The van der Waals surface area contributed by atoms with Crippen molar-refractivity contribution in [3.05, 3.63) is 94.5 Å². The fourth-order valence-electron chi connectivity index (χ4n) is 3.57. The van der Waals surface area contributed by atoms with Gasteiger partial charge in [-0.2, -0.15) is 0 Å². The van der Waals surface area contributed by atoms with Crippen molar-refractivity contribution in [3.63, 3.8) is 0 Å². The van der Waals surface area contributed by atoms with E-state index in [9.17, 15) is 9.59 Å². The first-order chi connectivity index (χ1) is 15.2. The van der Waals surface area contributed by atoms with Crippen molar-refractivity contribution in [2.75, 3.05) is 13.7 Å². The summed E-state index contributed by atoms with van der Waals surface area (Å²) in [7, 11) is 1.35.